The zero-order valence-corrected chi connectivity index (χ0v) is 13.4. The largest absolute Gasteiger partial charge is 0.760 e. The van der Waals surface area contributed by atoms with Gasteiger partial charge in [0.1, 0.15) is 12.1 Å². The van der Waals surface area contributed by atoms with Gasteiger partial charge in [0.05, 0.1) is 5.69 Å². The molecular weight excluding hydrogens is 302 g/mol. The van der Waals surface area contributed by atoms with Crippen molar-refractivity contribution in [3.63, 3.8) is 0 Å². The summed E-state index contributed by atoms with van der Waals surface area (Å²) in [6.07, 6.45) is 5.74. The van der Waals surface area contributed by atoms with Gasteiger partial charge in [0.2, 0.25) is 0 Å². The van der Waals surface area contributed by atoms with Crippen LogP contribution in [0.4, 0.5) is 5.82 Å². The van der Waals surface area contributed by atoms with Gasteiger partial charge in [-0.1, -0.05) is 0 Å². The van der Waals surface area contributed by atoms with Crippen molar-refractivity contribution in [3.8, 4) is 0 Å². The molecule has 3 heterocycles. The smallest absolute Gasteiger partial charge is 0.135 e. The van der Waals surface area contributed by atoms with Gasteiger partial charge in [0, 0.05) is 43.0 Å². The van der Waals surface area contributed by atoms with Crippen LogP contribution in [0.25, 0.3) is 0 Å². The number of anilines is 1. The van der Waals surface area contributed by atoms with E-state index in [-0.39, 0.29) is 0 Å². The molecule has 0 saturated carbocycles. The molecule has 0 aliphatic carbocycles. The van der Waals surface area contributed by atoms with Gasteiger partial charge in [-0.3, -0.25) is 4.21 Å². The molecule has 0 aromatic carbocycles. The number of nitrogens with one attached hydrogen (secondary N) is 2. The van der Waals surface area contributed by atoms with E-state index in [0.717, 1.165) is 63.4 Å². The Morgan fingerprint density at radius 2 is 2.23 bits per heavy atom. The molecule has 1 saturated heterocycles. The van der Waals surface area contributed by atoms with E-state index < -0.39 is 11.3 Å². The number of aromatic nitrogens is 2. The number of piperidine rings is 1. The first-order valence-electron chi connectivity index (χ1n) is 7.85. The van der Waals surface area contributed by atoms with Crippen molar-refractivity contribution in [1.29, 1.82) is 0 Å². The fourth-order valence-corrected chi connectivity index (χ4v) is 3.60. The monoisotopic (exact) mass is 324 g/mol. The van der Waals surface area contributed by atoms with Gasteiger partial charge in [-0.15, -0.1) is 0 Å². The lowest BCUT2D eigenvalue weighted by atomic mass is 9.93. The molecule has 7 nitrogen and oxygen atoms in total. The Bertz CT molecular complexity index is 534. The first-order valence-corrected chi connectivity index (χ1v) is 8.92. The van der Waals surface area contributed by atoms with Crippen LogP contribution >= 0.6 is 0 Å². The molecule has 2 aliphatic heterocycles. The Morgan fingerprint density at radius 3 is 3.00 bits per heavy atom. The van der Waals surface area contributed by atoms with Gasteiger partial charge in [0.15, 0.2) is 0 Å². The third kappa shape index (κ3) is 3.81. The fourth-order valence-electron chi connectivity index (χ4n) is 3.32. The molecule has 22 heavy (non-hydrogen) atoms. The maximum absolute atomic E-state index is 10.5. The number of hydrogen-bond donors (Lipinski definition) is 2. The third-order valence-electron chi connectivity index (χ3n) is 4.54. The highest BCUT2D eigenvalue weighted by atomic mass is 32.2. The number of nitrogens with zero attached hydrogens (tertiary/aromatic N) is 3. The Hall–Kier alpha value is -1.09. The van der Waals surface area contributed by atoms with Crippen LogP contribution < -0.4 is 14.9 Å². The van der Waals surface area contributed by atoms with Crippen LogP contribution in [0.5, 0.6) is 0 Å². The zero-order chi connectivity index (χ0) is 15.4. The second kappa shape index (κ2) is 7.45. The minimum Gasteiger partial charge on any atom is -0.760 e. The SMILES string of the molecule is O=S([O-])NCCC1CCN(c2ncnc3c2CCNC3)CC1. The van der Waals surface area contributed by atoms with E-state index in [9.17, 15) is 8.76 Å². The Balaban J connectivity index is 1.56. The standard InChI is InChI=1S/C14H23N5O2S/c20-22(21)18-6-1-11-3-7-19(8-4-11)14-12-2-5-15-9-13(12)16-10-17-14/h10-11,15,18H,1-9H2,(H,20,21)/p-1. The summed E-state index contributed by atoms with van der Waals surface area (Å²) in [4.78, 5) is 11.3. The predicted molar refractivity (Wildman–Crippen MR) is 83.9 cm³/mol. The van der Waals surface area contributed by atoms with E-state index in [1.54, 1.807) is 6.33 Å². The number of hydrogen-bond acceptors (Lipinski definition) is 6. The number of rotatable bonds is 5. The molecule has 0 bridgehead atoms. The highest BCUT2D eigenvalue weighted by Gasteiger charge is 2.24. The lowest BCUT2D eigenvalue weighted by Gasteiger charge is -2.34. The molecule has 3 rings (SSSR count). The molecule has 2 N–H and O–H groups in total. The summed E-state index contributed by atoms with van der Waals surface area (Å²) in [5.74, 6) is 1.69. The maximum atomic E-state index is 10.5. The van der Waals surface area contributed by atoms with Crippen molar-refractivity contribution in [2.24, 2.45) is 5.92 Å². The Labute approximate surface area is 133 Å². The average molecular weight is 324 g/mol. The van der Waals surface area contributed by atoms with Gasteiger partial charge < -0.3 is 14.8 Å². The van der Waals surface area contributed by atoms with Gasteiger partial charge >= 0.3 is 0 Å². The van der Waals surface area contributed by atoms with E-state index in [4.69, 9.17) is 0 Å². The van der Waals surface area contributed by atoms with E-state index in [2.05, 4.69) is 24.9 Å². The Morgan fingerprint density at radius 1 is 1.41 bits per heavy atom. The lowest BCUT2D eigenvalue weighted by molar-refractivity contribution is 0.378. The van der Waals surface area contributed by atoms with Crippen LogP contribution in [0.2, 0.25) is 0 Å². The van der Waals surface area contributed by atoms with E-state index in [0.29, 0.717) is 12.5 Å². The second-order valence-electron chi connectivity index (χ2n) is 5.90. The normalized spacial score (nSPS) is 20.7. The van der Waals surface area contributed by atoms with Crippen LogP contribution in [0.3, 0.4) is 0 Å². The van der Waals surface area contributed by atoms with E-state index in [1.807, 2.05) is 0 Å². The van der Waals surface area contributed by atoms with Crippen molar-refractivity contribution < 1.29 is 8.76 Å². The maximum Gasteiger partial charge on any atom is 0.135 e. The topological polar surface area (TPSA) is 93.2 Å². The van der Waals surface area contributed by atoms with Gasteiger partial charge in [-0.25, -0.2) is 14.7 Å². The quantitative estimate of drug-likeness (QED) is 0.747. The van der Waals surface area contributed by atoms with Crippen LogP contribution in [0.1, 0.15) is 30.5 Å². The van der Waals surface area contributed by atoms with E-state index in [1.165, 1.54) is 5.56 Å². The molecule has 0 amide bonds. The van der Waals surface area contributed by atoms with Crippen LogP contribution in [0.15, 0.2) is 6.33 Å². The molecule has 0 radical (unpaired) electrons. The molecule has 122 valence electrons. The highest BCUT2D eigenvalue weighted by molar-refractivity contribution is 7.77. The Kier molecular flexibility index (Phi) is 5.35. The summed E-state index contributed by atoms with van der Waals surface area (Å²) in [5, 5.41) is 3.34. The summed E-state index contributed by atoms with van der Waals surface area (Å²) in [6, 6.07) is 0. The molecule has 1 aromatic heterocycles. The van der Waals surface area contributed by atoms with Crippen molar-refractivity contribution in [2.75, 3.05) is 31.1 Å². The predicted octanol–water partition coefficient (Wildman–Crippen LogP) is 0.112. The highest BCUT2D eigenvalue weighted by Crippen LogP contribution is 2.28. The average Bonchev–Trinajstić information content (AvgIpc) is 2.55. The lowest BCUT2D eigenvalue weighted by Crippen LogP contribution is -2.37. The van der Waals surface area contributed by atoms with E-state index >= 15 is 0 Å². The van der Waals surface area contributed by atoms with Crippen molar-refractivity contribution in [1.82, 2.24) is 20.0 Å². The molecule has 1 aromatic rings. The zero-order valence-electron chi connectivity index (χ0n) is 12.6. The fraction of sp³-hybridized carbons (Fsp3) is 0.714. The summed E-state index contributed by atoms with van der Waals surface area (Å²) >= 11 is -2.14. The molecule has 1 fully saturated rings. The summed E-state index contributed by atoms with van der Waals surface area (Å²) in [7, 11) is 0. The first-order chi connectivity index (χ1) is 10.7. The first kappa shape index (κ1) is 15.8. The molecule has 1 unspecified atom stereocenters. The number of fused-ring (bicyclic) bond motifs is 1. The molecular formula is C14H22N5O2S-. The van der Waals surface area contributed by atoms with Gasteiger partial charge in [-0.2, -0.15) is 0 Å². The summed E-state index contributed by atoms with van der Waals surface area (Å²) in [6.45, 7) is 4.33. The second-order valence-corrected chi connectivity index (χ2v) is 6.66. The van der Waals surface area contributed by atoms with Crippen molar-refractivity contribution >= 4 is 17.1 Å². The van der Waals surface area contributed by atoms with Gasteiger partial charge in [-0.05, 0) is 38.1 Å². The minimum atomic E-state index is -2.14. The molecule has 2 aliphatic rings. The summed E-state index contributed by atoms with van der Waals surface area (Å²) in [5.41, 5.74) is 2.42. The molecule has 0 spiro atoms. The van der Waals surface area contributed by atoms with Crippen molar-refractivity contribution in [3.05, 3.63) is 17.6 Å². The van der Waals surface area contributed by atoms with Crippen molar-refractivity contribution in [2.45, 2.75) is 32.2 Å². The van der Waals surface area contributed by atoms with Gasteiger partial charge in [0.25, 0.3) is 0 Å². The minimum absolute atomic E-state index is 0.537. The summed E-state index contributed by atoms with van der Waals surface area (Å²) < 4.78 is 23.4. The van der Waals surface area contributed by atoms with Crippen LogP contribution in [-0.2, 0) is 24.2 Å². The van der Waals surface area contributed by atoms with Crippen LogP contribution in [-0.4, -0.2) is 44.9 Å². The van der Waals surface area contributed by atoms with Crippen LogP contribution in [0, 0.1) is 5.92 Å². The third-order valence-corrected chi connectivity index (χ3v) is 4.98. The molecule has 8 heteroatoms. The molecule has 1 atom stereocenters.